The number of rotatable bonds is 6. The van der Waals surface area contributed by atoms with Gasteiger partial charge in [0.1, 0.15) is 29.1 Å². The van der Waals surface area contributed by atoms with E-state index in [0.29, 0.717) is 11.5 Å². The fourth-order valence-corrected chi connectivity index (χ4v) is 1.78. The molecule has 0 aliphatic carbocycles. The molecule has 2 aromatic carbocycles. The van der Waals surface area contributed by atoms with Crippen molar-refractivity contribution in [2.75, 3.05) is 13.2 Å². The smallest absolute Gasteiger partial charge is 0.344 e. The number of hydrogen-bond acceptors (Lipinski definition) is 5. The molecule has 5 nitrogen and oxygen atoms in total. The Kier molecular flexibility index (Phi) is 5.53. The van der Waals surface area contributed by atoms with Gasteiger partial charge in [0, 0.05) is 6.07 Å². The van der Waals surface area contributed by atoms with Gasteiger partial charge in [-0.15, -0.1) is 0 Å². The van der Waals surface area contributed by atoms with Gasteiger partial charge in [0.2, 0.25) is 0 Å². The lowest BCUT2D eigenvalue weighted by Gasteiger charge is -2.10. The molecule has 0 atom stereocenters. The van der Waals surface area contributed by atoms with Gasteiger partial charge < -0.3 is 14.2 Å². The molecule has 0 saturated carbocycles. The minimum Gasteiger partial charge on any atom is -0.482 e. The Labute approximate surface area is 132 Å². The van der Waals surface area contributed by atoms with E-state index in [1.165, 1.54) is 12.1 Å². The topological polar surface area (TPSA) is 68.6 Å². The Bertz CT molecular complexity index is 740. The molecule has 0 bridgehead atoms. The first-order valence-corrected chi connectivity index (χ1v) is 6.88. The molecule has 0 unspecified atom stereocenters. The quantitative estimate of drug-likeness (QED) is 0.764. The Morgan fingerprint density at radius 1 is 1.22 bits per heavy atom. The minimum absolute atomic E-state index is 0.0860. The van der Waals surface area contributed by atoms with Crippen LogP contribution in [0.15, 0.2) is 42.5 Å². The summed E-state index contributed by atoms with van der Waals surface area (Å²) in [5.74, 6) is 0.0617. The van der Waals surface area contributed by atoms with Crippen molar-refractivity contribution in [3.63, 3.8) is 0 Å². The lowest BCUT2D eigenvalue weighted by atomic mass is 10.2. The summed E-state index contributed by atoms with van der Waals surface area (Å²) in [6.07, 6.45) is 0. The van der Waals surface area contributed by atoms with Crippen molar-refractivity contribution in [3.8, 4) is 23.3 Å². The molecule has 0 saturated heterocycles. The van der Waals surface area contributed by atoms with E-state index in [0.717, 1.165) is 6.07 Å². The molecule has 0 aliphatic heterocycles. The molecule has 0 aliphatic rings. The third-order valence-electron chi connectivity index (χ3n) is 2.76. The number of carbonyl (C=O) groups is 1. The molecule has 0 amide bonds. The second-order valence-corrected chi connectivity index (χ2v) is 4.42. The zero-order valence-electron chi connectivity index (χ0n) is 12.4. The number of hydrogen-bond donors (Lipinski definition) is 0. The fraction of sp³-hybridized carbons (Fsp3) is 0.176. The third-order valence-corrected chi connectivity index (χ3v) is 2.76. The third kappa shape index (κ3) is 4.71. The minimum atomic E-state index is -0.513. The van der Waals surface area contributed by atoms with Crippen LogP contribution in [0.4, 0.5) is 4.39 Å². The maximum Gasteiger partial charge on any atom is 0.344 e. The lowest BCUT2D eigenvalue weighted by Crippen LogP contribution is -2.14. The zero-order valence-corrected chi connectivity index (χ0v) is 12.4. The highest BCUT2D eigenvalue weighted by Gasteiger charge is 2.08. The van der Waals surface area contributed by atoms with Gasteiger partial charge in [-0.2, -0.15) is 5.26 Å². The summed E-state index contributed by atoms with van der Waals surface area (Å²) >= 11 is 0. The van der Waals surface area contributed by atoms with Gasteiger partial charge in [-0.3, -0.25) is 0 Å². The number of halogens is 1. The first-order chi connectivity index (χ1) is 11.1. The summed E-state index contributed by atoms with van der Waals surface area (Å²) in [5.41, 5.74) is 0.0860. The van der Waals surface area contributed by atoms with Crippen LogP contribution in [0.1, 0.15) is 12.5 Å². The fourth-order valence-electron chi connectivity index (χ4n) is 1.78. The molecule has 0 heterocycles. The maximum atomic E-state index is 13.1. The van der Waals surface area contributed by atoms with E-state index in [4.69, 9.17) is 19.5 Å². The average Bonchev–Trinajstić information content (AvgIpc) is 2.55. The highest BCUT2D eigenvalue weighted by Crippen LogP contribution is 2.28. The second-order valence-electron chi connectivity index (χ2n) is 4.42. The van der Waals surface area contributed by atoms with E-state index in [1.807, 2.05) is 6.07 Å². The van der Waals surface area contributed by atoms with Crippen LogP contribution in [-0.2, 0) is 9.53 Å². The summed E-state index contributed by atoms with van der Waals surface area (Å²) in [4.78, 5) is 11.3. The highest BCUT2D eigenvalue weighted by atomic mass is 19.1. The van der Waals surface area contributed by atoms with Crippen molar-refractivity contribution in [2.24, 2.45) is 0 Å². The van der Waals surface area contributed by atoms with Crippen LogP contribution in [-0.4, -0.2) is 19.2 Å². The summed E-state index contributed by atoms with van der Waals surface area (Å²) in [5, 5.41) is 9.00. The van der Waals surface area contributed by atoms with Gasteiger partial charge in [0.15, 0.2) is 6.61 Å². The molecule has 2 rings (SSSR count). The summed E-state index contributed by atoms with van der Waals surface area (Å²) in [6, 6.07) is 12.1. The van der Waals surface area contributed by atoms with Gasteiger partial charge in [0.05, 0.1) is 12.2 Å². The van der Waals surface area contributed by atoms with Gasteiger partial charge in [-0.1, -0.05) is 6.07 Å². The van der Waals surface area contributed by atoms with Crippen molar-refractivity contribution in [1.29, 1.82) is 5.26 Å². The molecule has 118 valence electrons. The van der Waals surface area contributed by atoms with Crippen LogP contribution >= 0.6 is 0 Å². The molecule has 2 aromatic rings. The maximum absolute atomic E-state index is 13.1. The lowest BCUT2D eigenvalue weighted by molar-refractivity contribution is -0.145. The van der Waals surface area contributed by atoms with Crippen molar-refractivity contribution in [2.45, 2.75) is 6.92 Å². The number of carbonyl (C=O) groups excluding carboxylic acids is 1. The van der Waals surface area contributed by atoms with Crippen molar-refractivity contribution in [3.05, 3.63) is 53.8 Å². The molecule has 0 aromatic heterocycles. The number of nitrogens with zero attached hydrogens (tertiary/aromatic N) is 1. The monoisotopic (exact) mass is 315 g/mol. The van der Waals surface area contributed by atoms with Gasteiger partial charge in [0.25, 0.3) is 0 Å². The number of nitriles is 1. The molecule has 0 radical (unpaired) electrons. The van der Waals surface area contributed by atoms with E-state index < -0.39 is 11.8 Å². The summed E-state index contributed by atoms with van der Waals surface area (Å²) in [6.45, 7) is 1.78. The van der Waals surface area contributed by atoms with E-state index in [2.05, 4.69) is 0 Å². The van der Waals surface area contributed by atoms with Crippen molar-refractivity contribution < 1.29 is 23.4 Å². The first-order valence-electron chi connectivity index (χ1n) is 6.88. The predicted octanol–water partition coefficient (Wildman–Crippen LogP) is 3.43. The van der Waals surface area contributed by atoms with Crippen LogP contribution in [0.3, 0.4) is 0 Å². The summed E-state index contributed by atoms with van der Waals surface area (Å²) in [7, 11) is 0. The number of esters is 1. The van der Waals surface area contributed by atoms with Crippen LogP contribution in [0.5, 0.6) is 17.2 Å². The van der Waals surface area contributed by atoms with Crippen LogP contribution in [0.2, 0.25) is 0 Å². The average molecular weight is 315 g/mol. The Hall–Kier alpha value is -3.07. The SMILES string of the molecule is CCOC(=O)COc1cccc(Oc2ccc(F)cc2C#N)c1. The first kappa shape index (κ1) is 16.3. The van der Waals surface area contributed by atoms with Crippen LogP contribution in [0.25, 0.3) is 0 Å². The Balaban J connectivity index is 2.09. The largest absolute Gasteiger partial charge is 0.482 e. The van der Waals surface area contributed by atoms with Crippen LogP contribution < -0.4 is 9.47 Å². The van der Waals surface area contributed by atoms with Gasteiger partial charge in [-0.25, -0.2) is 9.18 Å². The predicted molar refractivity (Wildman–Crippen MR) is 79.8 cm³/mol. The van der Waals surface area contributed by atoms with E-state index in [9.17, 15) is 9.18 Å². The van der Waals surface area contributed by atoms with Gasteiger partial charge in [-0.05, 0) is 37.3 Å². The standard InChI is InChI=1S/C17H14FNO4/c1-2-21-17(20)11-22-14-4-3-5-15(9-14)23-16-7-6-13(18)8-12(16)10-19/h3-9H,2,11H2,1H3. The molecule has 6 heteroatoms. The highest BCUT2D eigenvalue weighted by molar-refractivity contribution is 5.71. The molecule has 0 fully saturated rings. The van der Waals surface area contributed by atoms with E-state index in [-0.39, 0.29) is 24.5 Å². The van der Waals surface area contributed by atoms with Crippen molar-refractivity contribution in [1.82, 2.24) is 0 Å². The van der Waals surface area contributed by atoms with E-state index >= 15 is 0 Å². The number of ether oxygens (including phenoxy) is 3. The molecule has 23 heavy (non-hydrogen) atoms. The Morgan fingerprint density at radius 3 is 2.74 bits per heavy atom. The molecular formula is C17H14FNO4. The molecular weight excluding hydrogens is 301 g/mol. The second kappa shape index (κ2) is 7.80. The van der Waals surface area contributed by atoms with Gasteiger partial charge >= 0.3 is 5.97 Å². The molecule has 0 N–H and O–H groups in total. The normalized spacial score (nSPS) is 9.78. The zero-order chi connectivity index (χ0) is 16.7. The van der Waals surface area contributed by atoms with E-state index in [1.54, 1.807) is 31.2 Å². The van der Waals surface area contributed by atoms with Crippen LogP contribution in [0, 0.1) is 17.1 Å². The summed E-state index contributed by atoms with van der Waals surface area (Å²) < 4.78 is 28.7. The molecule has 0 spiro atoms. The number of benzene rings is 2. The van der Waals surface area contributed by atoms with Crippen molar-refractivity contribution >= 4 is 5.97 Å². The Morgan fingerprint density at radius 2 is 2.00 bits per heavy atom.